The van der Waals surface area contributed by atoms with Gasteiger partial charge in [0.2, 0.25) is 0 Å². The van der Waals surface area contributed by atoms with E-state index in [9.17, 15) is 8.42 Å². The van der Waals surface area contributed by atoms with E-state index in [1.54, 1.807) is 11.3 Å². The van der Waals surface area contributed by atoms with Crippen molar-refractivity contribution in [3.8, 4) is 0 Å². The number of thiazole rings is 1. The van der Waals surface area contributed by atoms with E-state index in [1.807, 2.05) is 12.3 Å². The molecule has 1 aromatic heterocycles. The van der Waals surface area contributed by atoms with E-state index in [-0.39, 0.29) is 0 Å². The molecule has 0 spiro atoms. The molecule has 0 radical (unpaired) electrons. The van der Waals surface area contributed by atoms with Crippen LogP contribution in [0.5, 0.6) is 0 Å². The van der Waals surface area contributed by atoms with Crippen LogP contribution in [0.4, 0.5) is 0 Å². The van der Waals surface area contributed by atoms with Crippen molar-refractivity contribution in [2.24, 2.45) is 11.8 Å². The number of alkyl halides is 1. The smallest absolute Gasteiger partial charge is 0.150 e. The molecule has 0 N–H and O–H groups in total. The first-order valence-electron chi connectivity index (χ1n) is 5.67. The predicted molar refractivity (Wildman–Crippen MR) is 74.6 cm³/mol. The lowest BCUT2D eigenvalue weighted by atomic mass is 9.91. The maximum absolute atomic E-state index is 11.5. The normalized spacial score (nSPS) is 24.9. The zero-order valence-corrected chi connectivity index (χ0v) is 12.9. The first-order chi connectivity index (χ1) is 8.00. The van der Waals surface area contributed by atoms with Gasteiger partial charge < -0.3 is 0 Å². The molecule has 0 amide bonds. The van der Waals surface area contributed by atoms with Gasteiger partial charge in [-0.25, -0.2) is 13.4 Å². The molecule has 0 aromatic carbocycles. The van der Waals surface area contributed by atoms with Crippen LogP contribution < -0.4 is 0 Å². The summed E-state index contributed by atoms with van der Waals surface area (Å²) in [7, 11) is -2.78. The fraction of sp³-hybridized carbons (Fsp3) is 0.727. The molecule has 1 aliphatic heterocycles. The van der Waals surface area contributed by atoms with Crippen molar-refractivity contribution in [2.75, 3.05) is 16.8 Å². The Labute approximate surface area is 115 Å². The summed E-state index contributed by atoms with van der Waals surface area (Å²) in [5.74, 6) is 1.40. The number of hydrogen-bond donors (Lipinski definition) is 0. The van der Waals surface area contributed by atoms with Gasteiger partial charge >= 0.3 is 0 Å². The molecule has 0 bridgehead atoms. The van der Waals surface area contributed by atoms with Gasteiger partial charge in [-0.2, -0.15) is 0 Å². The minimum atomic E-state index is -2.78. The second-order valence-electron chi connectivity index (χ2n) is 4.66. The monoisotopic (exact) mass is 337 g/mol. The Morgan fingerprint density at radius 3 is 2.88 bits per heavy atom. The van der Waals surface area contributed by atoms with Gasteiger partial charge in [0.05, 0.1) is 16.5 Å². The van der Waals surface area contributed by atoms with Crippen LogP contribution in [0.15, 0.2) is 5.38 Å². The Kier molecular flexibility index (Phi) is 4.26. The second-order valence-corrected chi connectivity index (χ2v) is 8.48. The van der Waals surface area contributed by atoms with Gasteiger partial charge in [-0.1, -0.05) is 15.9 Å². The average molecular weight is 338 g/mol. The molecule has 6 heteroatoms. The predicted octanol–water partition coefficient (Wildman–Crippen LogP) is 2.44. The number of rotatable bonds is 4. The molecule has 1 fully saturated rings. The summed E-state index contributed by atoms with van der Waals surface area (Å²) in [4.78, 5) is 4.45. The van der Waals surface area contributed by atoms with Crippen molar-refractivity contribution in [1.82, 2.24) is 4.98 Å². The SMILES string of the molecule is Cc1csc(CC(CBr)C2CCS(=O)(=O)C2)n1. The van der Waals surface area contributed by atoms with E-state index < -0.39 is 9.84 Å². The third-order valence-electron chi connectivity index (χ3n) is 3.24. The van der Waals surface area contributed by atoms with Crippen LogP contribution in [0.3, 0.4) is 0 Å². The highest BCUT2D eigenvalue weighted by atomic mass is 79.9. The first-order valence-corrected chi connectivity index (χ1v) is 9.50. The third-order valence-corrected chi connectivity index (χ3v) is 6.85. The first kappa shape index (κ1) is 13.5. The van der Waals surface area contributed by atoms with Gasteiger partial charge in [-0.3, -0.25) is 0 Å². The Balaban J connectivity index is 2.02. The summed E-state index contributed by atoms with van der Waals surface area (Å²) in [6.45, 7) is 1.99. The summed E-state index contributed by atoms with van der Waals surface area (Å²) in [5, 5.41) is 4.02. The highest BCUT2D eigenvalue weighted by Crippen LogP contribution is 2.30. The zero-order valence-electron chi connectivity index (χ0n) is 9.73. The second kappa shape index (κ2) is 5.36. The fourth-order valence-electron chi connectivity index (χ4n) is 2.26. The van der Waals surface area contributed by atoms with E-state index in [4.69, 9.17) is 0 Å². The molecular formula is C11H16BrNO2S2. The maximum Gasteiger partial charge on any atom is 0.150 e. The lowest BCUT2D eigenvalue weighted by molar-refractivity contribution is 0.401. The molecule has 1 aliphatic rings. The molecule has 1 aromatic rings. The standard InChI is InChI=1S/C11H16BrNO2S2/c1-8-6-16-11(13-8)4-10(5-12)9-2-3-17(14,15)7-9/h6,9-10H,2-5,7H2,1H3. The molecule has 2 heterocycles. The Bertz CT molecular complexity index is 483. The highest BCUT2D eigenvalue weighted by molar-refractivity contribution is 9.09. The molecule has 2 unspecified atom stereocenters. The van der Waals surface area contributed by atoms with E-state index in [1.165, 1.54) is 0 Å². The molecule has 2 rings (SSSR count). The van der Waals surface area contributed by atoms with E-state index in [0.29, 0.717) is 23.3 Å². The van der Waals surface area contributed by atoms with Gasteiger partial charge in [0.15, 0.2) is 9.84 Å². The Morgan fingerprint density at radius 2 is 2.41 bits per heavy atom. The number of hydrogen-bond acceptors (Lipinski definition) is 4. The summed E-state index contributed by atoms with van der Waals surface area (Å²) in [6.07, 6.45) is 1.70. The van der Waals surface area contributed by atoms with Gasteiger partial charge in [-0.15, -0.1) is 11.3 Å². The van der Waals surface area contributed by atoms with Crippen molar-refractivity contribution >= 4 is 37.1 Å². The van der Waals surface area contributed by atoms with Crippen LogP contribution in [0.1, 0.15) is 17.1 Å². The van der Waals surface area contributed by atoms with Crippen molar-refractivity contribution in [2.45, 2.75) is 19.8 Å². The lowest BCUT2D eigenvalue weighted by Crippen LogP contribution is -2.20. The fourth-order valence-corrected chi connectivity index (χ4v) is 5.81. The summed E-state index contributed by atoms with van der Waals surface area (Å²) >= 11 is 5.18. The molecule has 3 nitrogen and oxygen atoms in total. The zero-order chi connectivity index (χ0) is 12.5. The van der Waals surface area contributed by atoms with Crippen molar-refractivity contribution in [1.29, 1.82) is 0 Å². The topological polar surface area (TPSA) is 47.0 Å². The van der Waals surface area contributed by atoms with Gasteiger partial charge in [0.25, 0.3) is 0 Å². The van der Waals surface area contributed by atoms with Crippen LogP contribution in [0.2, 0.25) is 0 Å². The molecule has 0 saturated carbocycles. The molecule has 17 heavy (non-hydrogen) atoms. The highest BCUT2D eigenvalue weighted by Gasteiger charge is 2.33. The van der Waals surface area contributed by atoms with Crippen LogP contribution in [0, 0.1) is 18.8 Å². The number of sulfone groups is 1. The van der Waals surface area contributed by atoms with Gasteiger partial charge in [0.1, 0.15) is 0 Å². The van der Waals surface area contributed by atoms with Crippen LogP contribution >= 0.6 is 27.3 Å². The minimum Gasteiger partial charge on any atom is -0.247 e. The number of halogens is 1. The molecular weight excluding hydrogens is 322 g/mol. The molecule has 2 atom stereocenters. The third kappa shape index (κ3) is 3.51. The van der Waals surface area contributed by atoms with Crippen molar-refractivity contribution in [3.05, 3.63) is 16.1 Å². The van der Waals surface area contributed by atoms with E-state index in [0.717, 1.165) is 28.9 Å². The van der Waals surface area contributed by atoms with Crippen LogP contribution in [0.25, 0.3) is 0 Å². The summed E-state index contributed by atoms with van der Waals surface area (Å²) in [5.41, 5.74) is 1.05. The number of nitrogens with zero attached hydrogens (tertiary/aromatic N) is 1. The molecule has 0 aliphatic carbocycles. The summed E-state index contributed by atoms with van der Waals surface area (Å²) in [6, 6.07) is 0. The van der Waals surface area contributed by atoms with E-state index in [2.05, 4.69) is 20.9 Å². The molecule has 96 valence electrons. The number of aryl methyl sites for hydroxylation is 1. The van der Waals surface area contributed by atoms with Crippen molar-refractivity contribution < 1.29 is 8.42 Å². The minimum absolute atomic E-state index is 0.295. The van der Waals surface area contributed by atoms with Crippen molar-refractivity contribution in [3.63, 3.8) is 0 Å². The summed E-state index contributed by atoms with van der Waals surface area (Å²) < 4.78 is 23.0. The maximum atomic E-state index is 11.5. The van der Waals surface area contributed by atoms with Gasteiger partial charge in [0, 0.05) is 22.8 Å². The molecule has 1 saturated heterocycles. The Morgan fingerprint density at radius 1 is 1.65 bits per heavy atom. The average Bonchev–Trinajstić information content (AvgIpc) is 2.81. The lowest BCUT2D eigenvalue weighted by Gasteiger charge is -2.18. The van der Waals surface area contributed by atoms with E-state index >= 15 is 0 Å². The van der Waals surface area contributed by atoms with Crippen LogP contribution in [-0.4, -0.2) is 30.2 Å². The van der Waals surface area contributed by atoms with Crippen LogP contribution in [-0.2, 0) is 16.3 Å². The largest absolute Gasteiger partial charge is 0.247 e. The Hall–Kier alpha value is 0.0600. The number of aromatic nitrogens is 1. The van der Waals surface area contributed by atoms with Gasteiger partial charge in [-0.05, 0) is 25.2 Å². The quantitative estimate of drug-likeness (QED) is 0.793.